The number of ether oxygens (including phenoxy) is 2. The van der Waals surface area contributed by atoms with Crippen LogP contribution in [0, 0.1) is 13.8 Å². The molecule has 0 spiro atoms. The number of pyridine rings is 1. The number of benzene rings is 1. The Kier molecular flexibility index (Phi) is 7.93. The monoisotopic (exact) mass is 466 g/mol. The van der Waals surface area contributed by atoms with Gasteiger partial charge in [0.1, 0.15) is 35.6 Å². The van der Waals surface area contributed by atoms with Crippen molar-refractivity contribution >= 4 is 29.1 Å². The van der Waals surface area contributed by atoms with Gasteiger partial charge in [0.15, 0.2) is 0 Å². The number of amides is 2. The fourth-order valence-electron chi connectivity index (χ4n) is 3.16. The molecule has 178 valence electrons. The van der Waals surface area contributed by atoms with Crippen molar-refractivity contribution in [2.24, 2.45) is 0 Å². The van der Waals surface area contributed by atoms with E-state index < -0.39 is 11.8 Å². The first kappa shape index (κ1) is 24.4. The second kappa shape index (κ2) is 11.1. The second-order valence-electron chi connectivity index (χ2n) is 7.15. The predicted octanol–water partition coefficient (Wildman–Crippen LogP) is 2.22. The Morgan fingerprint density at radius 3 is 2.50 bits per heavy atom. The summed E-state index contributed by atoms with van der Waals surface area (Å²) in [5.41, 5.74) is 1.37. The predicted molar refractivity (Wildman–Crippen MR) is 126 cm³/mol. The van der Waals surface area contributed by atoms with Gasteiger partial charge in [-0.05, 0) is 32.0 Å². The van der Waals surface area contributed by atoms with Crippen LogP contribution in [-0.4, -0.2) is 59.2 Å². The third-order valence-corrected chi connectivity index (χ3v) is 4.62. The minimum Gasteiger partial charge on any atom is -0.496 e. The van der Waals surface area contributed by atoms with E-state index in [1.54, 1.807) is 25.1 Å². The van der Waals surface area contributed by atoms with Crippen molar-refractivity contribution in [3.63, 3.8) is 0 Å². The number of nitrogens with zero attached hydrogens (tertiary/aromatic N) is 3. The molecule has 0 saturated carbocycles. The Balaban J connectivity index is 1.94. The molecule has 0 aliphatic heterocycles. The maximum absolute atomic E-state index is 13.2. The minimum absolute atomic E-state index is 0.0789. The number of carbonyl (C=O) groups is 2. The zero-order valence-corrected chi connectivity index (χ0v) is 19.3. The molecule has 0 unspecified atom stereocenters. The summed E-state index contributed by atoms with van der Waals surface area (Å²) in [7, 11) is 2.92. The summed E-state index contributed by atoms with van der Waals surface area (Å²) in [6.07, 6.45) is 1.36. The van der Waals surface area contributed by atoms with Gasteiger partial charge in [0.05, 0.1) is 30.5 Å². The maximum Gasteiger partial charge on any atom is 0.259 e. The third kappa shape index (κ3) is 5.95. The van der Waals surface area contributed by atoms with E-state index in [0.717, 1.165) is 5.69 Å². The smallest absolute Gasteiger partial charge is 0.259 e. The van der Waals surface area contributed by atoms with Crippen molar-refractivity contribution in [2.45, 2.75) is 13.8 Å². The Labute approximate surface area is 196 Å². The van der Waals surface area contributed by atoms with Gasteiger partial charge in [0.25, 0.3) is 11.8 Å². The van der Waals surface area contributed by atoms with E-state index in [-0.39, 0.29) is 30.0 Å². The highest BCUT2D eigenvalue weighted by atomic mass is 16.5. The van der Waals surface area contributed by atoms with Gasteiger partial charge in [-0.3, -0.25) is 9.59 Å². The summed E-state index contributed by atoms with van der Waals surface area (Å²) < 4.78 is 10.7. The van der Waals surface area contributed by atoms with Gasteiger partial charge < -0.3 is 30.5 Å². The quantitative estimate of drug-likeness (QED) is 0.372. The fraction of sp³-hybridized carbons (Fsp3) is 0.261. The number of nitrogens with one attached hydrogen (secondary N) is 3. The van der Waals surface area contributed by atoms with Gasteiger partial charge in [-0.1, -0.05) is 0 Å². The van der Waals surface area contributed by atoms with Crippen LogP contribution in [0.4, 0.5) is 17.3 Å². The molecular weight excluding hydrogens is 440 g/mol. The largest absolute Gasteiger partial charge is 0.496 e. The lowest BCUT2D eigenvalue weighted by atomic mass is 10.1. The molecule has 0 fully saturated rings. The third-order valence-electron chi connectivity index (χ3n) is 4.62. The Bertz CT molecular complexity index is 1180. The molecule has 0 bridgehead atoms. The molecule has 11 heteroatoms. The fourth-order valence-corrected chi connectivity index (χ4v) is 3.16. The van der Waals surface area contributed by atoms with E-state index in [2.05, 4.69) is 30.9 Å². The van der Waals surface area contributed by atoms with Gasteiger partial charge in [-0.2, -0.15) is 0 Å². The molecule has 0 aliphatic rings. The SMILES string of the molecule is CNC(=O)c1cnc(Nc2cc(C)nc(C)n2)cc1NC(=O)c1cc(OCCO)ccc1OC. The van der Waals surface area contributed by atoms with Crippen molar-refractivity contribution in [3.05, 3.63) is 59.2 Å². The summed E-state index contributed by atoms with van der Waals surface area (Å²) in [6, 6.07) is 7.99. The second-order valence-corrected chi connectivity index (χ2v) is 7.15. The van der Waals surface area contributed by atoms with Gasteiger partial charge in [-0.15, -0.1) is 0 Å². The lowest BCUT2D eigenvalue weighted by Gasteiger charge is -2.15. The topological polar surface area (TPSA) is 148 Å². The Morgan fingerprint density at radius 1 is 1.03 bits per heavy atom. The normalized spacial score (nSPS) is 10.4. The minimum atomic E-state index is -0.526. The van der Waals surface area contributed by atoms with Crippen molar-refractivity contribution in [2.75, 3.05) is 38.0 Å². The van der Waals surface area contributed by atoms with E-state index in [0.29, 0.717) is 29.0 Å². The molecule has 0 aliphatic carbocycles. The van der Waals surface area contributed by atoms with Crippen molar-refractivity contribution < 1.29 is 24.2 Å². The van der Waals surface area contributed by atoms with Crippen LogP contribution in [0.1, 0.15) is 32.2 Å². The number of aliphatic hydroxyl groups is 1. The van der Waals surface area contributed by atoms with Crippen LogP contribution >= 0.6 is 0 Å². The molecule has 2 heterocycles. The number of carbonyl (C=O) groups excluding carboxylic acids is 2. The molecular formula is C23H26N6O5. The van der Waals surface area contributed by atoms with Crippen molar-refractivity contribution in [1.29, 1.82) is 0 Å². The number of methoxy groups -OCH3 is 1. The van der Waals surface area contributed by atoms with Crippen LogP contribution in [0.3, 0.4) is 0 Å². The van der Waals surface area contributed by atoms with Crippen LogP contribution in [0.15, 0.2) is 36.5 Å². The summed E-state index contributed by atoms with van der Waals surface area (Å²) >= 11 is 0. The molecule has 2 aromatic heterocycles. The molecule has 0 saturated heterocycles. The number of aromatic nitrogens is 3. The van der Waals surface area contributed by atoms with E-state index in [1.807, 2.05) is 6.92 Å². The van der Waals surface area contributed by atoms with Gasteiger partial charge in [-0.25, -0.2) is 15.0 Å². The molecule has 0 radical (unpaired) electrons. The molecule has 2 amide bonds. The first-order chi connectivity index (χ1) is 16.3. The van der Waals surface area contributed by atoms with Crippen molar-refractivity contribution in [3.8, 4) is 11.5 Å². The maximum atomic E-state index is 13.2. The molecule has 3 aromatic rings. The van der Waals surface area contributed by atoms with E-state index in [4.69, 9.17) is 14.6 Å². The zero-order chi connectivity index (χ0) is 24.7. The standard InChI is InChI=1S/C23H26N6O5/c1-13-9-21(27-14(2)26-13)29-20-11-18(17(12-25-20)22(31)24-3)28-23(32)16-10-15(34-8-7-30)5-6-19(16)33-4/h5-6,9-12,30H,7-8H2,1-4H3,(H,24,31)(H2,25,26,27,28,29,32). The lowest BCUT2D eigenvalue weighted by Crippen LogP contribution is -2.22. The number of anilines is 3. The molecule has 1 aromatic carbocycles. The first-order valence-corrected chi connectivity index (χ1v) is 10.4. The van der Waals surface area contributed by atoms with Gasteiger partial charge >= 0.3 is 0 Å². The highest BCUT2D eigenvalue weighted by Gasteiger charge is 2.19. The molecule has 0 atom stereocenters. The van der Waals surface area contributed by atoms with Crippen LogP contribution in [0.2, 0.25) is 0 Å². The van der Waals surface area contributed by atoms with Gasteiger partial charge in [0, 0.05) is 31.1 Å². The number of hydrogen-bond acceptors (Lipinski definition) is 9. The van der Waals surface area contributed by atoms with E-state index >= 15 is 0 Å². The number of aryl methyl sites for hydroxylation is 2. The summed E-state index contributed by atoms with van der Waals surface area (Å²) in [4.78, 5) is 38.4. The lowest BCUT2D eigenvalue weighted by molar-refractivity contribution is 0.0963. The number of rotatable bonds is 9. The highest BCUT2D eigenvalue weighted by molar-refractivity contribution is 6.10. The molecule has 34 heavy (non-hydrogen) atoms. The highest BCUT2D eigenvalue weighted by Crippen LogP contribution is 2.27. The number of aliphatic hydroxyl groups excluding tert-OH is 1. The molecule has 11 nitrogen and oxygen atoms in total. The van der Waals surface area contributed by atoms with E-state index in [1.165, 1.54) is 32.5 Å². The molecule has 3 rings (SSSR count). The van der Waals surface area contributed by atoms with E-state index in [9.17, 15) is 9.59 Å². The molecule has 4 N–H and O–H groups in total. The summed E-state index contributed by atoms with van der Waals surface area (Å²) in [5.74, 6) is 1.24. The Hall–Kier alpha value is -4.25. The first-order valence-electron chi connectivity index (χ1n) is 10.4. The van der Waals surface area contributed by atoms with Gasteiger partial charge in [0.2, 0.25) is 0 Å². The van der Waals surface area contributed by atoms with Crippen LogP contribution < -0.4 is 25.4 Å². The average molecular weight is 466 g/mol. The number of hydrogen-bond donors (Lipinski definition) is 4. The van der Waals surface area contributed by atoms with Crippen LogP contribution in [-0.2, 0) is 0 Å². The van der Waals surface area contributed by atoms with Crippen molar-refractivity contribution in [1.82, 2.24) is 20.3 Å². The summed E-state index contributed by atoms with van der Waals surface area (Å²) in [5, 5.41) is 17.3. The average Bonchev–Trinajstić information content (AvgIpc) is 2.81. The zero-order valence-electron chi connectivity index (χ0n) is 19.3. The van der Waals surface area contributed by atoms with Crippen LogP contribution in [0.5, 0.6) is 11.5 Å². The van der Waals surface area contributed by atoms with Crippen LogP contribution in [0.25, 0.3) is 0 Å². The summed E-state index contributed by atoms with van der Waals surface area (Å²) in [6.45, 7) is 3.54. The Morgan fingerprint density at radius 2 is 1.82 bits per heavy atom.